The Labute approximate surface area is 119 Å². The van der Waals surface area contributed by atoms with Crippen molar-refractivity contribution < 1.29 is 4.79 Å². The molecule has 104 valence electrons. The van der Waals surface area contributed by atoms with E-state index in [0.29, 0.717) is 6.54 Å². The fourth-order valence-corrected chi connectivity index (χ4v) is 3.24. The smallest absolute Gasteiger partial charge is 0.238 e. The van der Waals surface area contributed by atoms with Crippen LogP contribution in [0.2, 0.25) is 0 Å². The van der Waals surface area contributed by atoms with Crippen LogP contribution in [0.5, 0.6) is 0 Å². The molecule has 0 aromatic heterocycles. The third kappa shape index (κ3) is 3.74. The Balaban J connectivity index is 1.85. The number of hydrogen-bond donors (Lipinski definition) is 2. The number of carbonyl (C=O) groups excluding carboxylic acids is 1. The first-order valence-corrected chi connectivity index (χ1v) is 7.89. The molecular formula is C15H22N2OS. The molecule has 0 saturated carbocycles. The zero-order valence-electron chi connectivity index (χ0n) is 11.9. The van der Waals surface area contributed by atoms with E-state index in [1.807, 2.05) is 0 Å². The van der Waals surface area contributed by atoms with Gasteiger partial charge in [0.1, 0.15) is 0 Å². The van der Waals surface area contributed by atoms with Crippen molar-refractivity contribution in [2.24, 2.45) is 0 Å². The molecule has 1 aliphatic heterocycles. The van der Waals surface area contributed by atoms with E-state index < -0.39 is 0 Å². The molecule has 0 aliphatic carbocycles. The summed E-state index contributed by atoms with van der Waals surface area (Å²) in [5.74, 6) is 1.90. The molecule has 1 heterocycles. The second kappa shape index (κ2) is 6.44. The molecule has 3 nitrogen and oxygen atoms in total. The average molecular weight is 278 g/mol. The van der Waals surface area contributed by atoms with E-state index in [2.05, 4.69) is 43.5 Å². The van der Waals surface area contributed by atoms with Gasteiger partial charge in [0.2, 0.25) is 5.91 Å². The van der Waals surface area contributed by atoms with Crippen molar-refractivity contribution >= 4 is 17.7 Å². The lowest BCUT2D eigenvalue weighted by Crippen LogP contribution is -2.42. The average Bonchev–Trinajstić information content (AvgIpc) is 2.89. The zero-order valence-corrected chi connectivity index (χ0v) is 12.7. The van der Waals surface area contributed by atoms with Gasteiger partial charge in [0.25, 0.3) is 0 Å². The van der Waals surface area contributed by atoms with Gasteiger partial charge in [-0.2, -0.15) is 0 Å². The number of amides is 1. The predicted molar refractivity (Wildman–Crippen MR) is 81.6 cm³/mol. The quantitative estimate of drug-likeness (QED) is 0.884. The predicted octanol–water partition coefficient (Wildman–Crippen LogP) is 1.93. The topological polar surface area (TPSA) is 41.1 Å². The molecule has 1 amide bonds. The summed E-state index contributed by atoms with van der Waals surface area (Å²) in [4.78, 5) is 11.9. The molecule has 2 N–H and O–H groups in total. The minimum atomic E-state index is -0.00847. The fourth-order valence-electron chi connectivity index (χ4n) is 2.30. The molecular weight excluding hydrogens is 256 g/mol. The van der Waals surface area contributed by atoms with Crippen LogP contribution < -0.4 is 10.6 Å². The summed E-state index contributed by atoms with van der Waals surface area (Å²) in [6.45, 7) is 7.12. The SMILES string of the molecule is Cc1cc(C)c(CCNC(=O)C2CSCN2)cc1C. The highest BCUT2D eigenvalue weighted by atomic mass is 32.2. The number of aryl methyl sites for hydroxylation is 3. The zero-order chi connectivity index (χ0) is 13.8. The number of rotatable bonds is 4. The first kappa shape index (κ1) is 14.4. The molecule has 4 heteroatoms. The van der Waals surface area contributed by atoms with Crippen LogP contribution in [0.25, 0.3) is 0 Å². The maximum Gasteiger partial charge on any atom is 0.238 e. The highest BCUT2D eigenvalue weighted by molar-refractivity contribution is 7.99. The molecule has 1 unspecified atom stereocenters. The van der Waals surface area contributed by atoms with Crippen LogP contribution in [0.1, 0.15) is 22.3 Å². The minimum Gasteiger partial charge on any atom is -0.354 e. The maximum atomic E-state index is 11.9. The second-order valence-electron chi connectivity index (χ2n) is 5.18. The molecule has 1 saturated heterocycles. The summed E-state index contributed by atoms with van der Waals surface area (Å²) in [6.07, 6.45) is 0.901. The van der Waals surface area contributed by atoms with E-state index >= 15 is 0 Å². The van der Waals surface area contributed by atoms with Crippen LogP contribution in [0.3, 0.4) is 0 Å². The van der Waals surface area contributed by atoms with Gasteiger partial charge < -0.3 is 5.32 Å². The van der Waals surface area contributed by atoms with E-state index in [-0.39, 0.29) is 11.9 Å². The number of thioether (sulfide) groups is 1. The van der Waals surface area contributed by atoms with Gasteiger partial charge in [0, 0.05) is 18.2 Å². The Bertz CT molecular complexity index is 467. The first-order chi connectivity index (χ1) is 9.08. The van der Waals surface area contributed by atoms with Crippen molar-refractivity contribution in [3.8, 4) is 0 Å². The summed E-state index contributed by atoms with van der Waals surface area (Å²) in [5.41, 5.74) is 5.29. The van der Waals surface area contributed by atoms with E-state index in [9.17, 15) is 4.79 Å². The summed E-state index contributed by atoms with van der Waals surface area (Å²) in [6, 6.07) is 4.45. The van der Waals surface area contributed by atoms with Crippen molar-refractivity contribution in [2.75, 3.05) is 18.2 Å². The molecule has 0 spiro atoms. The van der Waals surface area contributed by atoms with Gasteiger partial charge in [-0.25, -0.2) is 0 Å². The van der Waals surface area contributed by atoms with Crippen molar-refractivity contribution in [1.82, 2.24) is 10.6 Å². The van der Waals surface area contributed by atoms with Gasteiger partial charge in [0.05, 0.1) is 6.04 Å². The third-order valence-corrected chi connectivity index (χ3v) is 4.62. The molecule has 1 fully saturated rings. The normalized spacial score (nSPS) is 18.6. The standard InChI is InChI=1S/C15H22N2OS/c1-10-6-12(3)13(7-11(10)2)4-5-16-15(18)14-8-19-9-17-14/h6-7,14,17H,4-5,8-9H2,1-3H3,(H,16,18). The largest absolute Gasteiger partial charge is 0.354 e. The maximum absolute atomic E-state index is 11.9. The Morgan fingerprint density at radius 2 is 2.05 bits per heavy atom. The van der Waals surface area contributed by atoms with Crippen LogP contribution in [-0.2, 0) is 11.2 Å². The minimum absolute atomic E-state index is 0.00847. The van der Waals surface area contributed by atoms with E-state index in [0.717, 1.165) is 18.1 Å². The third-order valence-electron chi connectivity index (χ3n) is 3.68. The van der Waals surface area contributed by atoms with E-state index in [4.69, 9.17) is 0 Å². The number of benzene rings is 1. The summed E-state index contributed by atoms with van der Waals surface area (Å²) >= 11 is 1.77. The lowest BCUT2D eigenvalue weighted by molar-refractivity contribution is -0.122. The summed E-state index contributed by atoms with van der Waals surface area (Å²) in [7, 11) is 0. The van der Waals surface area contributed by atoms with Crippen LogP contribution >= 0.6 is 11.8 Å². The lowest BCUT2D eigenvalue weighted by Gasteiger charge is -2.12. The number of hydrogen-bond acceptors (Lipinski definition) is 3. The molecule has 0 radical (unpaired) electrons. The highest BCUT2D eigenvalue weighted by Gasteiger charge is 2.21. The Kier molecular flexibility index (Phi) is 4.88. The molecule has 1 aromatic rings. The Morgan fingerprint density at radius 1 is 1.32 bits per heavy atom. The summed E-state index contributed by atoms with van der Waals surface area (Å²) in [5, 5.41) is 6.20. The van der Waals surface area contributed by atoms with E-state index in [1.165, 1.54) is 22.3 Å². The fraction of sp³-hybridized carbons (Fsp3) is 0.533. The molecule has 1 aromatic carbocycles. The molecule has 19 heavy (non-hydrogen) atoms. The molecule has 0 bridgehead atoms. The van der Waals surface area contributed by atoms with Gasteiger partial charge in [-0.05, 0) is 49.4 Å². The van der Waals surface area contributed by atoms with Gasteiger partial charge in [-0.1, -0.05) is 12.1 Å². The summed E-state index contributed by atoms with van der Waals surface area (Å²) < 4.78 is 0. The monoisotopic (exact) mass is 278 g/mol. The van der Waals surface area contributed by atoms with Gasteiger partial charge in [-0.15, -0.1) is 11.8 Å². The number of carbonyl (C=O) groups is 1. The Hall–Kier alpha value is -1.00. The molecule has 1 atom stereocenters. The Morgan fingerprint density at radius 3 is 2.74 bits per heavy atom. The van der Waals surface area contributed by atoms with Crippen LogP contribution in [0.15, 0.2) is 12.1 Å². The molecule has 2 rings (SSSR count). The van der Waals surface area contributed by atoms with Gasteiger partial charge in [0.15, 0.2) is 0 Å². The van der Waals surface area contributed by atoms with Crippen molar-refractivity contribution in [3.05, 3.63) is 34.4 Å². The van der Waals surface area contributed by atoms with Crippen molar-refractivity contribution in [3.63, 3.8) is 0 Å². The van der Waals surface area contributed by atoms with Crippen molar-refractivity contribution in [1.29, 1.82) is 0 Å². The lowest BCUT2D eigenvalue weighted by atomic mass is 9.99. The second-order valence-corrected chi connectivity index (χ2v) is 6.21. The first-order valence-electron chi connectivity index (χ1n) is 6.73. The van der Waals surface area contributed by atoms with Crippen molar-refractivity contribution in [2.45, 2.75) is 33.2 Å². The molecule has 1 aliphatic rings. The van der Waals surface area contributed by atoms with Gasteiger partial charge >= 0.3 is 0 Å². The highest BCUT2D eigenvalue weighted by Crippen LogP contribution is 2.15. The van der Waals surface area contributed by atoms with Crippen LogP contribution in [0.4, 0.5) is 0 Å². The van der Waals surface area contributed by atoms with Crippen LogP contribution in [-0.4, -0.2) is 30.1 Å². The van der Waals surface area contributed by atoms with Crippen LogP contribution in [0, 0.1) is 20.8 Å². The number of nitrogens with one attached hydrogen (secondary N) is 2. The van der Waals surface area contributed by atoms with E-state index in [1.54, 1.807) is 11.8 Å². The van der Waals surface area contributed by atoms with Gasteiger partial charge in [-0.3, -0.25) is 10.1 Å².